The number of thiazole rings is 1. The summed E-state index contributed by atoms with van der Waals surface area (Å²) in [4.78, 5) is 3.98. The Bertz CT molecular complexity index is 630. The second-order valence-corrected chi connectivity index (χ2v) is 6.55. The van der Waals surface area contributed by atoms with Gasteiger partial charge in [0.25, 0.3) is 0 Å². The lowest BCUT2D eigenvalue weighted by Crippen LogP contribution is -2.21. The van der Waals surface area contributed by atoms with E-state index in [0.29, 0.717) is 32.3 Å². The molecule has 0 radical (unpaired) electrons. The van der Waals surface area contributed by atoms with Gasteiger partial charge in [-0.25, -0.2) is 4.98 Å². The minimum absolute atomic E-state index is 0.350. The third kappa shape index (κ3) is 3.97. The standard InChI is InChI=1S/C13H11BrClF3N2S/c1-2-19-11(7-3-4-9(15)8(14)5-7)10-6-20-12(21-10)13(16,17)18/h3-6,11,19H,2H2,1H3. The number of halogens is 5. The van der Waals surface area contributed by atoms with Crippen molar-refractivity contribution in [2.24, 2.45) is 0 Å². The number of alkyl halides is 3. The average molecular weight is 400 g/mol. The van der Waals surface area contributed by atoms with Crippen molar-refractivity contribution < 1.29 is 13.2 Å². The first-order chi connectivity index (χ1) is 9.82. The van der Waals surface area contributed by atoms with Crippen LogP contribution in [0.1, 0.15) is 28.4 Å². The van der Waals surface area contributed by atoms with Gasteiger partial charge in [-0.2, -0.15) is 13.2 Å². The molecule has 2 nitrogen and oxygen atoms in total. The van der Waals surface area contributed by atoms with Crippen LogP contribution in [0.15, 0.2) is 28.9 Å². The Kier molecular flexibility index (Phi) is 5.29. The van der Waals surface area contributed by atoms with Crippen molar-refractivity contribution in [3.63, 3.8) is 0 Å². The molecular formula is C13H11BrClF3N2S. The van der Waals surface area contributed by atoms with Gasteiger partial charge in [0, 0.05) is 15.5 Å². The van der Waals surface area contributed by atoms with Gasteiger partial charge in [-0.3, -0.25) is 0 Å². The number of rotatable bonds is 4. The van der Waals surface area contributed by atoms with Crippen LogP contribution in [0.2, 0.25) is 5.02 Å². The van der Waals surface area contributed by atoms with E-state index in [9.17, 15) is 13.2 Å². The fraction of sp³-hybridized carbons (Fsp3) is 0.308. The van der Waals surface area contributed by atoms with Gasteiger partial charge in [-0.15, -0.1) is 11.3 Å². The Hall–Kier alpha value is -0.630. The van der Waals surface area contributed by atoms with Crippen molar-refractivity contribution in [3.8, 4) is 0 Å². The van der Waals surface area contributed by atoms with Gasteiger partial charge in [0.1, 0.15) is 0 Å². The molecule has 1 heterocycles. The van der Waals surface area contributed by atoms with E-state index < -0.39 is 11.2 Å². The topological polar surface area (TPSA) is 24.9 Å². The molecule has 0 saturated carbocycles. The Labute approximate surface area is 137 Å². The second-order valence-electron chi connectivity index (χ2n) is 4.23. The Morgan fingerprint density at radius 1 is 1.43 bits per heavy atom. The molecular weight excluding hydrogens is 389 g/mol. The zero-order chi connectivity index (χ0) is 15.6. The molecule has 1 atom stereocenters. The highest BCUT2D eigenvalue weighted by atomic mass is 79.9. The van der Waals surface area contributed by atoms with Crippen LogP contribution in [-0.2, 0) is 6.18 Å². The highest BCUT2D eigenvalue weighted by molar-refractivity contribution is 9.10. The van der Waals surface area contributed by atoms with E-state index >= 15 is 0 Å². The molecule has 2 aromatic rings. The monoisotopic (exact) mass is 398 g/mol. The van der Waals surface area contributed by atoms with Crippen LogP contribution >= 0.6 is 38.9 Å². The van der Waals surface area contributed by atoms with Gasteiger partial charge >= 0.3 is 6.18 Å². The summed E-state index contributed by atoms with van der Waals surface area (Å²) in [5.41, 5.74) is 0.825. The Morgan fingerprint density at radius 2 is 2.14 bits per heavy atom. The fourth-order valence-corrected chi connectivity index (χ4v) is 3.23. The van der Waals surface area contributed by atoms with Crippen LogP contribution in [0.5, 0.6) is 0 Å². The van der Waals surface area contributed by atoms with Crippen LogP contribution < -0.4 is 5.32 Å². The van der Waals surface area contributed by atoms with Crippen molar-refractivity contribution in [1.82, 2.24) is 10.3 Å². The molecule has 0 amide bonds. The summed E-state index contributed by atoms with van der Waals surface area (Å²) in [6.45, 7) is 2.51. The zero-order valence-electron chi connectivity index (χ0n) is 10.8. The molecule has 0 aliphatic rings. The van der Waals surface area contributed by atoms with Crippen LogP contribution in [0.25, 0.3) is 0 Å². The van der Waals surface area contributed by atoms with E-state index in [0.717, 1.165) is 5.56 Å². The van der Waals surface area contributed by atoms with E-state index in [-0.39, 0.29) is 6.04 Å². The van der Waals surface area contributed by atoms with Crippen molar-refractivity contribution in [3.05, 3.63) is 49.3 Å². The van der Waals surface area contributed by atoms with Gasteiger partial charge in [0.05, 0.1) is 11.1 Å². The number of nitrogens with one attached hydrogen (secondary N) is 1. The molecule has 0 saturated heterocycles. The summed E-state index contributed by atoms with van der Waals surface area (Å²) in [7, 11) is 0. The molecule has 0 aliphatic heterocycles. The highest BCUT2D eigenvalue weighted by Crippen LogP contribution is 2.37. The zero-order valence-corrected chi connectivity index (χ0v) is 14.0. The highest BCUT2D eigenvalue weighted by Gasteiger charge is 2.35. The van der Waals surface area contributed by atoms with E-state index in [4.69, 9.17) is 11.6 Å². The largest absolute Gasteiger partial charge is 0.443 e. The summed E-state index contributed by atoms with van der Waals surface area (Å²) in [5.74, 6) is 0. The van der Waals surface area contributed by atoms with E-state index in [1.165, 1.54) is 6.20 Å². The maximum atomic E-state index is 12.7. The van der Waals surface area contributed by atoms with Crippen LogP contribution in [0.3, 0.4) is 0 Å². The maximum absolute atomic E-state index is 12.7. The molecule has 8 heteroatoms. The van der Waals surface area contributed by atoms with Gasteiger partial charge in [-0.05, 0) is 40.2 Å². The third-order valence-corrected chi connectivity index (χ3v) is 5.06. The van der Waals surface area contributed by atoms with Crippen LogP contribution in [0.4, 0.5) is 13.2 Å². The molecule has 2 rings (SSSR count). The van der Waals surface area contributed by atoms with E-state index in [1.807, 2.05) is 6.92 Å². The lowest BCUT2D eigenvalue weighted by molar-refractivity contribution is -0.137. The molecule has 1 unspecified atom stereocenters. The van der Waals surface area contributed by atoms with Gasteiger partial charge in [0.2, 0.25) is 0 Å². The average Bonchev–Trinajstić information content (AvgIpc) is 2.89. The van der Waals surface area contributed by atoms with Gasteiger partial charge in [0.15, 0.2) is 5.01 Å². The summed E-state index contributed by atoms with van der Waals surface area (Å²) in [5, 5.41) is 2.88. The number of aromatic nitrogens is 1. The minimum atomic E-state index is -4.42. The molecule has 21 heavy (non-hydrogen) atoms. The molecule has 0 spiro atoms. The molecule has 0 bridgehead atoms. The van der Waals surface area contributed by atoms with Crippen LogP contribution in [-0.4, -0.2) is 11.5 Å². The lowest BCUT2D eigenvalue weighted by atomic mass is 10.1. The minimum Gasteiger partial charge on any atom is -0.306 e. The first-order valence-corrected chi connectivity index (χ1v) is 8.03. The van der Waals surface area contributed by atoms with Crippen molar-refractivity contribution >= 4 is 38.9 Å². The smallest absolute Gasteiger partial charge is 0.306 e. The molecule has 1 N–H and O–H groups in total. The number of nitrogens with zero attached hydrogens (tertiary/aromatic N) is 1. The summed E-state index contributed by atoms with van der Waals surface area (Å²) in [6, 6.07) is 4.93. The molecule has 114 valence electrons. The second kappa shape index (κ2) is 6.64. The predicted molar refractivity (Wildman–Crippen MR) is 81.8 cm³/mol. The quantitative estimate of drug-likeness (QED) is 0.757. The predicted octanol–water partition coefficient (Wildman–Crippen LogP) is 5.28. The van der Waals surface area contributed by atoms with Crippen molar-refractivity contribution in [1.29, 1.82) is 0 Å². The normalized spacial score (nSPS) is 13.4. The fourth-order valence-electron chi connectivity index (χ4n) is 1.83. The van der Waals surface area contributed by atoms with Gasteiger partial charge in [-0.1, -0.05) is 24.6 Å². The SMILES string of the molecule is CCNC(c1ccc(Cl)c(Br)c1)c1cnc(C(F)(F)F)s1. The van der Waals surface area contributed by atoms with Gasteiger partial charge < -0.3 is 5.32 Å². The molecule has 0 fully saturated rings. The lowest BCUT2D eigenvalue weighted by Gasteiger charge is -2.17. The number of hydrogen-bond acceptors (Lipinski definition) is 3. The van der Waals surface area contributed by atoms with Crippen LogP contribution in [0, 0.1) is 0 Å². The van der Waals surface area contributed by atoms with E-state index in [2.05, 4.69) is 26.2 Å². The van der Waals surface area contributed by atoms with Crippen molar-refractivity contribution in [2.45, 2.75) is 19.1 Å². The first-order valence-electron chi connectivity index (χ1n) is 6.04. The Balaban J connectivity index is 2.38. The summed E-state index contributed by atoms with van der Waals surface area (Å²) < 4.78 is 38.7. The summed E-state index contributed by atoms with van der Waals surface area (Å²) >= 11 is 9.92. The maximum Gasteiger partial charge on any atom is 0.443 e. The molecule has 1 aromatic carbocycles. The number of benzene rings is 1. The van der Waals surface area contributed by atoms with Crippen molar-refractivity contribution in [2.75, 3.05) is 6.54 Å². The molecule has 1 aromatic heterocycles. The summed E-state index contributed by atoms with van der Waals surface area (Å²) in [6.07, 6.45) is -3.15. The third-order valence-electron chi connectivity index (χ3n) is 2.74. The molecule has 0 aliphatic carbocycles. The Morgan fingerprint density at radius 3 is 2.67 bits per heavy atom. The van der Waals surface area contributed by atoms with E-state index in [1.54, 1.807) is 18.2 Å². The number of hydrogen-bond donors (Lipinski definition) is 1. The first kappa shape index (κ1) is 16.7.